The topological polar surface area (TPSA) is 74.1 Å². The number of rotatable bonds is 6. The number of azo groups is 1. The molecule has 6 heteroatoms. The lowest BCUT2D eigenvalue weighted by atomic mass is 9.48. The standard InChI is InChI=1S/C28H32N4O2/c1-18(28-15-19-11-20(16-28)13-21(12-19)17-28)29-25-14-26(33)32(27(25)34)24-9-7-23(8-10-24)31-30-22-5-3-2-4-6-22/h2-10,18-21,25,29H,11-17H2,1H3/t18-,19?,20?,21?,25+,28?/m1/s1. The zero-order valence-electron chi connectivity index (χ0n) is 19.7. The Morgan fingerprint density at radius 2 is 1.41 bits per heavy atom. The maximum atomic E-state index is 13.3. The molecule has 1 heterocycles. The first kappa shape index (κ1) is 21.7. The molecule has 5 aliphatic rings. The van der Waals surface area contributed by atoms with Crippen LogP contribution < -0.4 is 10.2 Å². The summed E-state index contributed by atoms with van der Waals surface area (Å²) in [5.74, 6) is 2.32. The second-order valence-electron chi connectivity index (χ2n) is 11.0. The van der Waals surface area contributed by atoms with Crippen molar-refractivity contribution in [3.05, 3.63) is 54.6 Å². The number of hydrogen-bond donors (Lipinski definition) is 1. The summed E-state index contributed by atoms with van der Waals surface area (Å²) in [5.41, 5.74) is 2.35. The Morgan fingerprint density at radius 3 is 2.00 bits per heavy atom. The average Bonchev–Trinajstić information content (AvgIpc) is 3.10. The fourth-order valence-electron chi connectivity index (χ4n) is 7.50. The zero-order valence-corrected chi connectivity index (χ0v) is 19.7. The van der Waals surface area contributed by atoms with Gasteiger partial charge in [0.2, 0.25) is 5.91 Å². The van der Waals surface area contributed by atoms with Gasteiger partial charge in [0, 0.05) is 6.04 Å². The van der Waals surface area contributed by atoms with Crippen molar-refractivity contribution in [3.63, 3.8) is 0 Å². The van der Waals surface area contributed by atoms with Crippen molar-refractivity contribution in [1.29, 1.82) is 0 Å². The van der Waals surface area contributed by atoms with Crippen molar-refractivity contribution >= 4 is 28.9 Å². The van der Waals surface area contributed by atoms with E-state index in [1.165, 1.54) is 43.4 Å². The number of hydrogen-bond acceptors (Lipinski definition) is 5. The van der Waals surface area contributed by atoms with Crippen LogP contribution in [-0.4, -0.2) is 23.9 Å². The fourth-order valence-corrected chi connectivity index (χ4v) is 7.50. The van der Waals surface area contributed by atoms with Crippen molar-refractivity contribution < 1.29 is 9.59 Å². The number of amides is 2. The van der Waals surface area contributed by atoms with Gasteiger partial charge in [-0.05, 0) is 105 Å². The highest BCUT2D eigenvalue weighted by Crippen LogP contribution is 2.61. The minimum atomic E-state index is -0.437. The Labute approximate surface area is 200 Å². The molecule has 7 rings (SSSR count). The van der Waals surface area contributed by atoms with Gasteiger partial charge in [-0.3, -0.25) is 9.59 Å². The van der Waals surface area contributed by atoms with Crippen LogP contribution in [0.1, 0.15) is 51.9 Å². The summed E-state index contributed by atoms with van der Waals surface area (Å²) in [7, 11) is 0. The van der Waals surface area contributed by atoms with Crippen LogP contribution in [0, 0.1) is 23.2 Å². The Balaban J connectivity index is 1.13. The van der Waals surface area contributed by atoms with Gasteiger partial charge < -0.3 is 5.32 Å². The lowest BCUT2D eigenvalue weighted by molar-refractivity contribution is -0.122. The van der Waals surface area contributed by atoms with Crippen molar-refractivity contribution in [2.24, 2.45) is 33.4 Å². The molecule has 6 nitrogen and oxygen atoms in total. The molecule has 1 aliphatic heterocycles. The third-order valence-corrected chi connectivity index (χ3v) is 8.75. The molecule has 2 aromatic rings. The largest absolute Gasteiger partial charge is 0.302 e. The first-order valence-electron chi connectivity index (χ1n) is 12.7. The van der Waals surface area contributed by atoms with Crippen LogP contribution in [0.3, 0.4) is 0 Å². The fraction of sp³-hybridized carbons (Fsp3) is 0.500. The average molecular weight is 457 g/mol. The van der Waals surface area contributed by atoms with Gasteiger partial charge in [0.1, 0.15) is 0 Å². The molecule has 0 unspecified atom stereocenters. The molecule has 34 heavy (non-hydrogen) atoms. The molecule has 4 bridgehead atoms. The lowest BCUT2D eigenvalue weighted by Crippen LogP contribution is -2.57. The third-order valence-electron chi connectivity index (χ3n) is 8.75. The number of nitrogens with one attached hydrogen (secondary N) is 1. The second-order valence-corrected chi connectivity index (χ2v) is 11.0. The van der Waals surface area contributed by atoms with Crippen LogP contribution in [0.4, 0.5) is 17.1 Å². The molecule has 0 radical (unpaired) electrons. The highest BCUT2D eigenvalue weighted by atomic mass is 16.2. The molecule has 2 amide bonds. The van der Waals surface area contributed by atoms with Gasteiger partial charge in [0.05, 0.1) is 29.5 Å². The normalized spacial score (nSPS) is 33.3. The molecule has 0 spiro atoms. The number of nitrogens with zero attached hydrogens (tertiary/aromatic N) is 3. The molecule has 1 saturated heterocycles. The van der Waals surface area contributed by atoms with Gasteiger partial charge in [-0.2, -0.15) is 10.2 Å². The zero-order chi connectivity index (χ0) is 23.3. The Morgan fingerprint density at radius 1 is 0.853 bits per heavy atom. The SMILES string of the molecule is C[C@@H](N[C@H]1CC(=O)N(c2ccc(N=Nc3ccccc3)cc2)C1=O)C12CC3CC(CC(C3)C1)C2. The van der Waals surface area contributed by atoms with E-state index in [0.29, 0.717) is 16.8 Å². The van der Waals surface area contributed by atoms with Gasteiger partial charge >= 0.3 is 0 Å². The number of carbonyl (C=O) groups excluding carboxylic acids is 2. The second kappa shape index (κ2) is 8.42. The summed E-state index contributed by atoms with van der Waals surface area (Å²) in [4.78, 5) is 27.5. The van der Waals surface area contributed by atoms with E-state index in [1.807, 2.05) is 30.3 Å². The van der Waals surface area contributed by atoms with E-state index in [1.54, 1.807) is 24.3 Å². The predicted molar refractivity (Wildman–Crippen MR) is 131 cm³/mol. The third kappa shape index (κ3) is 3.88. The van der Waals surface area contributed by atoms with Gasteiger partial charge in [-0.15, -0.1) is 0 Å². The van der Waals surface area contributed by atoms with Crippen LogP contribution >= 0.6 is 0 Å². The van der Waals surface area contributed by atoms with Crippen molar-refractivity contribution in [3.8, 4) is 0 Å². The van der Waals surface area contributed by atoms with Gasteiger partial charge in [-0.25, -0.2) is 4.90 Å². The Kier molecular flexibility index (Phi) is 5.36. The highest BCUT2D eigenvalue weighted by Gasteiger charge is 2.54. The van der Waals surface area contributed by atoms with Crippen LogP contribution in [0.2, 0.25) is 0 Å². The number of benzene rings is 2. The highest BCUT2D eigenvalue weighted by molar-refractivity contribution is 6.22. The van der Waals surface area contributed by atoms with Crippen LogP contribution in [0.5, 0.6) is 0 Å². The maximum absolute atomic E-state index is 13.3. The van der Waals surface area contributed by atoms with E-state index in [0.717, 1.165) is 23.4 Å². The van der Waals surface area contributed by atoms with E-state index in [-0.39, 0.29) is 24.3 Å². The monoisotopic (exact) mass is 456 g/mol. The minimum absolute atomic E-state index is 0.139. The molecule has 1 N–H and O–H groups in total. The number of carbonyl (C=O) groups is 2. The van der Waals surface area contributed by atoms with E-state index in [4.69, 9.17) is 0 Å². The van der Waals surface area contributed by atoms with E-state index in [2.05, 4.69) is 22.5 Å². The Bertz CT molecular complexity index is 1080. The summed E-state index contributed by atoms with van der Waals surface area (Å²) < 4.78 is 0. The maximum Gasteiger partial charge on any atom is 0.251 e. The Hall–Kier alpha value is -2.86. The van der Waals surface area contributed by atoms with Gasteiger partial charge in [0.15, 0.2) is 0 Å². The first-order chi connectivity index (χ1) is 16.5. The molecule has 2 atom stereocenters. The summed E-state index contributed by atoms with van der Waals surface area (Å²) in [6, 6.07) is 16.5. The van der Waals surface area contributed by atoms with Crippen LogP contribution in [0.15, 0.2) is 64.8 Å². The summed E-state index contributed by atoms with van der Waals surface area (Å²) in [6.45, 7) is 2.25. The van der Waals surface area contributed by atoms with Crippen LogP contribution in [-0.2, 0) is 9.59 Å². The van der Waals surface area contributed by atoms with Crippen molar-refractivity contribution in [2.75, 3.05) is 4.90 Å². The first-order valence-corrected chi connectivity index (χ1v) is 12.7. The molecule has 4 aliphatic carbocycles. The van der Waals surface area contributed by atoms with Crippen molar-refractivity contribution in [2.45, 2.75) is 64.0 Å². The molecule has 2 aromatic carbocycles. The van der Waals surface area contributed by atoms with Gasteiger partial charge in [0.25, 0.3) is 5.91 Å². The molecule has 0 aromatic heterocycles. The molecule has 4 saturated carbocycles. The molecule has 5 fully saturated rings. The molecular formula is C28H32N4O2. The number of imide groups is 1. The molecular weight excluding hydrogens is 424 g/mol. The van der Waals surface area contributed by atoms with Crippen molar-refractivity contribution in [1.82, 2.24) is 5.32 Å². The number of anilines is 1. The smallest absolute Gasteiger partial charge is 0.251 e. The summed E-state index contributed by atoms with van der Waals surface area (Å²) in [6.07, 6.45) is 8.29. The lowest BCUT2D eigenvalue weighted by Gasteiger charge is -2.59. The summed E-state index contributed by atoms with van der Waals surface area (Å²) >= 11 is 0. The van der Waals surface area contributed by atoms with E-state index >= 15 is 0 Å². The summed E-state index contributed by atoms with van der Waals surface area (Å²) in [5, 5.41) is 12.1. The van der Waals surface area contributed by atoms with E-state index in [9.17, 15) is 9.59 Å². The predicted octanol–water partition coefficient (Wildman–Crippen LogP) is 5.93. The van der Waals surface area contributed by atoms with Gasteiger partial charge in [-0.1, -0.05) is 18.2 Å². The molecule has 176 valence electrons. The minimum Gasteiger partial charge on any atom is -0.302 e. The van der Waals surface area contributed by atoms with E-state index < -0.39 is 6.04 Å². The quantitative estimate of drug-likeness (QED) is 0.432. The van der Waals surface area contributed by atoms with Crippen LogP contribution in [0.25, 0.3) is 0 Å².